The van der Waals surface area contributed by atoms with Gasteiger partial charge in [0.15, 0.2) is 5.13 Å². The molecular formula is C13H11N3S. The van der Waals surface area contributed by atoms with Crippen LogP contribution in [0.15, 0.2) is 42.5 Å². The van der Waals surface area contributed by atoms with E-state index in [1.54, 1.807) is 0 Å². The van der Waals surface area contributed by atoms with Crippen LogP contribution in [0, 0.1) is 0 Å². The molecule has 0 bridgehead atoms. The van der Waals surface area contributed by atoms with Gasteiger partial charge in [-0.2, -0.15) is 0 Å². The maximum Gasteiger partial charge on any atom is 0.181 e. The molecule has 3 nitrogen and oxygen atoms in total. The van der Waals surface area contributed by atoms with Crippen LogP contribution in [-0.4, -0.2) is 4.98 Å². The molecule has 4 N–H and O–H groups in total. The Kier molecular flexibility index (Phi) is 2.23. The largest absolute Gasteiger partial charge is 0.398 e. The normalized spacial score (nSPS) is 10.8. The van der Waals surface area contributed by atoms with Crippen molar-refractivity contribution in [2.45, 2.75) is 0 Å². The maximum absolute atomic E-state index is 5.93. The number of hydrogen-bond donors (Lipinski definition) is 2. The molecule has 2 aromatic carbocycles. The standard InChI is InChI=1S/C13H11N3S/c14-10-7-6-9(8-4-2-1-3-5-8)11-12(10)17-13(15)16-11/h1-7H,14H2,(H2,15,16). The number of rotatable bonds is 1. The number of thiazole rings is 1. The number of nitrogen functional groups attached to an aromatic ring is 2. The Morgan fingerprint density at radius 3 is 2.47 bits per heavy atom. The Bertz CT molecular complexity index is 674. The van der Waals surface area contributed by atoms with Gasteiger partial charge in [0, 0.05) is 5.56 Å². The second-order valence-corrected chi connectivity index (χ2v) is 4.83. The number of nitrogens with zero attached hydrogens (tertiary/aromatic N) is 1. The van der Waals surface area contributed by atoms with E-state index in [0.717, 1.165) is 27.0 Å². The van der Waals surface area contributed by atoms with Gasteiger partial charge < -0.3 is 11.5 Å². The number of nitrogens with two attached hydrogens (primary N) is 2. The van der Waals surface area contributed by atoms with E-state index < -0.39 is 0 Å². The van der Waals surface area contributed by atoms with Gasteiger partial charge in [0.1, 0.15) is 0 Å². The van der Waals surface area contributed by atoms with Gasteiger partial charge in [-0.3, -0.25) is 0 Å². The van der Waals surface area contributed by atoms with E-state index in [9.17, 15) is 0 Å². The van der Waals surface area contributed by atoms with Gasteiger partial charge in [0.25, 0.3) is 0 Å². The van der Waals surface area contributed by atoms with Crippen LogP contribution in [0.1, 0.15) is 0 Å². The Labute approximate surface area is 103 Å². The van der Waals surface area contributed by atoms with E-state index in [-0.39, 0.29) is 0 Å². The van der Waals surface area contributed by atoms with E-state index in [1.165, 1.54) is 11.3 Å². The van der Waals surface area contributed by atoms with Crippen molar-refractivity contribution >= 4 is 32.4 Å². The van der Waals surface area contributed by atoms with Crippen molar-refractivity contribution in [1.82, 2.24) is 4.98 Å². The minimum absolute atomic E-state index is 0.551. The molecule has 0 spiro atoms. The third kappa shape index (κ3) is 1.62. The first-order valence-electron chi connectivity index (χ1n) is 5.25. The van der Waals surface area contributed by atoms with Crippen molar-refractivity contribution in [2.24, 2.45) is 0 Å². The number of anilines is 2. The van der Waals surface area contributed by atoms with E-state index in [2.05, 4.69) is 17.1 Å². The molecule has 0 aliphatic rings. The first-order chi connectivity index (χ1) is 8.25. The second kappa shape index (κ2) is 3.75. The summed E-state index contributed by atoms with van der Waals surface area (Å²) < 4.78 is 0.962. The predicted molar refractivity (Wildman–Crippen MR) is 73.9 cm³/mol. The molecule has 3 aromatic rings. The lowest BCUT2D eigenvalue weighted by atomic mass is 10.0. The Balaban J connectivity index is 2.34. The Morgan fingerprint density at radius 2 is 1.71 bits per heavy atom. The topological polar surface area (TPSA) is 64.9 Å². The van der Waals surface area contributed by atoms with Gasteiger partial charge in [-0.1, -0.05) is 47.7 Å². The molecule has 4 heteroatoms. The zero-order valence-electron chi connectivity index (χ0n) is 9.05. The van der Waals surface area contributed by atoms with Crippen molar-refractivity contribution in [3.63, 3.8) is 0 Å². The molecule has 17 heavy (non-hydrogen) atoms. The highest BCUT2D eigenvalue weighted by atomic mass is 32.1. The van der Waals surface area contributed by atoms with Crippen LogP contribution in [0.2, 0.25) is 0 Å². The molecule has 0 amide bonds. The highest BCUT2D eigenvalue weighted by molar-refractivity contribution is 7.22. The fraction of sp³-hybridized carbons (Fsp3) is 0. The highest BCUT2D eigenvalue weighted by Crippen LogP contribution is 2.36. The molecule has 0 fully saturated rings. The summed E-state index contributed by atoms with van der Waals surface area (Å²) in [4.78, 5) is 4.37. The molecule has 0 atom stereocenters. The first kappa shape index (κ1) is 10.1. The van der Waals surface area contributed by atoms with Gasteiger partial charge in [-0.05, 0) is 11.6 Å². The van der Waals surface area contributed by atoms with Crippen LogP contribution in [0.25, 0.3) is 21.3 Å². The molecular weight excluding hydrogens is 230 g/mol. The second-order valence-electron chi connectivity index (χ2n) is 3.80. The molecule has 1 aromatic heterocycles. The zero-order valence-corrected chi connectivity index (χ0v) is 9.87. The number of fused-ring (bicyclic) bond motifs is 1. The fourth-order valence-corrected chi connectivity index (χ4v) is 2.68. The van der Waals surface area contributed by atoms with Crippen LogP contribution in [0.3, 0.4) is 0 Å². The average molecular weight is 241 g/mol. The quantitative estimate of drug-likeness (QED) is 0.643. The highest BCUT2D eigenvalue weighted by Gasteiger charge is 2.10. The summed E-state index contributed by atoms with van der Waals surface area (Å²) in [6.45, 7) is 0. The molecule has 3 rings (SSSR count). The summed E-state index contributed by atoms with van der Waals surface area (Å²) in [6, 6.07) is 14.0. The van der Waals surface area contributed by atoms with E-state index in [4.69, 9.17) is 11.5 Å². The number of aromatic nitrogens is 1. The zero-order chi connectivity index (χ0) is 11.8. The lowest BCUT2D eigenvalue weighted by molar-refractivity contribution is 1.49. The number of hydrogen-bond acceptors (Lipinski definition) is 4. The van der Waals surface area contributed by atoms with Gasteiger partial charge in [-0.25, -0.2) is 4.98 Å². The van der Waals surface area contributed by atoms with E-state index in [0.29, 0.717) is 5.13 Å². The maximum atomic E-state index is 5.93. The molecule has 0 saturated carbocycles. The fourth-order valence-electron chi connectivity index (χ4n) is 1.89. The van der Waals surface area contributed by atoms with Gasteiger partial charge in [0.05, 0.1) is 15.9 Å². The summed E-state index contributed by atoms with van der Waals surface area (Å²) in [7, 11) is 0. The summed E-state index contributed by atoms with van der Waals surface area (Å²) >= 11 is 1.43. The SMILES string of the molecule is Nc1nc2c(-c3ccccc3)ccc(N)c2s1. The van der Waals surface area contributed by atoms with E-state index >= 15 is 0 Å². The van der Waals surface area contributed by atoms with Gasteiger partial charge in [0.2, 0.25) is 0 Å². The third-order valence-corrected chi connectivity index (χ3v) is 3.61. The lowest BCUT2D eigenvalue weighted by Crippen LogP contribution is -1.87. The molecule has 84 valence electrons. The summed E-state index contributed by atoms with van der Waals surface area (Å²) in [5.41, 5.74) is 15.5. The van der Waals surface area contributed by atoms with Crippen molar-refractivity contribution < 1.29 is 0 Å². The van der Waals surface area contributed by atoms with E-state index in [1.807, 2.05) is 30.3 Å². The third-order valence-electron chi connectivity index (χ3n) is 2.68. The molecule has 0 unspecified atom stereocenters. The lowest BCUT2D eigenvalue weighted by Gasteiger charge is -2.03. The monoisotopic (exact) mass is 241 g/mol. The Morgan fingerprint density at radius 1 is 0.941 bits per heavy atom. The van der Waals surface area contributed by atoms with Crippen LogP contribution >= 0.6 is 11.3 Å². The van der Waals surface area contributed by atoms with Gasteiger partial charge in [-0.15, -0.1) is 0 Å². The minimum atomic E-state index is 0.551. The van der Waals surface area contributed by atoms with Crippen LogP contribution in [-0.2, 0) is 0 Å². The summed E-state index contributed by atoms with van der Waals surface area (Å²) in [5, 5.41) is 0.551. The smallest absolute Gasteiger partial charge is 0.181 e. The molecule has 0 aliphatic heterocycles. The Hall–Kier alpha value is -2.07. The minimum Gasteiger partial charge on any atom is -0.398 e. The van der Waals surface area contributed by atoms with Crippen molar-refractivity contribution in [3.05, 3.63) is 42.5 Å². The van der Waals surface area contributed by atoms with Gasteiger partial charge >= 0.3 is 0 Å². The van der Waals surface area contributed by atoms with Crippen LogP contribution < -0.4 is 11.5 Å². The van der Waals surface area contributed by atoms with Crippen LogP contribution in [0.4, 0.5) is 10.8 Å². The average Bonchev–Trinajstić information content (AvgIpc) is 2.73. The van der Waals surface area contributed by atoms with Crippen molar-refractivity contribution in [2.75, 3.05) is 11.5 Å². The molecule has 0 saturated heterocycles. The number of benzene rings is 2. The van der Waals surface area contributed by atoms with Crippen molar-refractivity contribution in [3.8, 4) is 11.1 Å². The summed E-state index contributed by atoms with van der Waals surface area (Å²) in [6.07, 6.45) is 0. The van der Waals surface area contributed by atoms with Crippen molar-refractivity contribution in [1.29, 1.82) is 0 Å². The first-order valence-corrected chi connectivity index (χ1v) is 6.07. The molecule has 1 heterocycles. The summed E-state index contributed by atoms with van der Waals surface area (Å²) in [5.74, 6) is 0. The molecule has 0 radical (unpaired) electrons. The van der Waals surface area contributed by atoms with Crippen LogP contribution in [0.5, 0.6) is 0 Å². The predicted octanol–water partition coefficient (Wildman–Crippen LogP) is 3.13. The molecule has 0 aliphatic carbocycles.